The minimum Gasteiger partial charge on any atom is -0.482 e. The lowest BCUT2D eigenvalue weighted by atomic mass is 10.0. The number of halogens is 2. The Bertz CT molecular complexity index is 1080. The normalized spacial score (nSPS) is 11.5. The standard InChI is InChI=1S/C26H26Cl2N2O3/c1-2-29-26(32)23(16-19-9-4-3-5-10-19)30(17-20-11-8-12-21(27)15-20)25(31)18-33-24-14-7-6-13-22(24)28/h3-15,23H,2,16-18H2,1H3,(H,29,32)/t23-/m1/s1. The predicted molar refractivity (Wildman–Crippen MR) is 132 cm³/mol. The van der Waals surface area contributed by atoms with Crippen LogP contribution in [0.1, 0.15) is 18.1 Å². The molecule has 0 radical (unpaired) electrons. The molecule has 0 saturated carbocycles. The van der Waals surface area contributed by atoms with E-state index < -0.39 is 6.04 Å². The van der Waals surface area contributed by atoms with Crippen LogP contribution in [-0.2, 0) is 22.6 Å². The van der Waals surface area contributed by atoms with Crippen LogP contribution in [-0.4, -0.2) is 35.9 Å². The first kappa shape index (κ1) is 24.6. The van der Waals surface area contributed by atoms with Crippen molar-refractivity contribution in [3.8, 4) is 5.75 Å². The van der Waals surface area contributed by atoms with Crippen molar-refractivity contribution in [1.82, 2.24) is 10.2 Å². The summed E-state index contributed by atoms with van der Waals surface area (Å²) in [6.07, 6.45) is 0.366. The van der Waals surface area contributed by atoms with Gasteiger partial charge in [0.05, 0.1) is 5.02 Å². The summed E-state index contributed by atoms with van der Waals surface area (Å²) in [6, 6.07) is 23.1. The molecule has 0 heterocycles. The molecule has 0 saturated heterocycles. The van der Waals surface area contributed by atoms with Crippen molar-refractivity contribution in [2.75, 3.05) is 13.2 Å². The van der Waals surface area contributed by atoms with Crippen LogP contribution < -0.4 is 10.1 Å². The third kappa shape index (κ3) is 7.24. The van der Waals surface area contributed by atoms with Gasteiger partial charge in [0.1, 0.15) is 11.8 Å². The lowest BCUT2D eigenvalue weighted by Crippen LogP contribution is -2.51. The molecule has 33 heavy (non-hydrogen) atoms. The first-order chi connectivity index (χ1) is 16.0. The quantitative estimate of drug-likeness (QED) is 0.432. The zero-order chi connectivity index (χ0) is 23.6. The van der Waals surface area contributed by atoms with E-state index in [0.717, 1.165) is 11.1 Å². The third-order valence-corrected chi connectivity index (χ3v) is 5.60. The fourth-order valence-electron chi connectivity index (χ4n) is 3.46. The zero-order valence-corrected chi connectivity index (χ0v) is 19.9. The molecule has 2 amide bonds. The highest BCUT2D eigenvalue weighted by Crippen LogP contribution is 2.24. The Morgan fingerprint density at radius 1 is 0.939 bits per heavy atom. The molecule has 1 N–H and O–H groups in total. The maximum absolute atomic E-state index is 13.4. The molecule has 0 bridgehead atoms. The van der Waals surface area contributed by atoms with E-state index in [4.69, 9.17) is 27.9 Å². The van der Waals surface area contributed by atoms with Gasteiger partial charge in [-0.3, -0.25) is 9.59 Å². The maximum Gasteiger partial charge on any atom is 0.261 e. The van der Waals surface area contributed by atoms with E-state index in [1.54, 1.807) is 41.3 Å². The highest BCUT2D eigenvalue weighted by molar-refractivity contribution is 6.32. The molecule has 0 aromatic heterocycles. The minimum absolute atomic E-state index is 0.208. The maximum atomic E-state index is 13.4. The van der Waals surface area contributed by atoms with Gasteiger partial charge in [0.25, 0.3) is 5.91 Å². The average Bonchev–Trinajstić information content (AvgIpc) is 2.81. The average molecular weight is 485 g/mol. The summed E-state index contributed by atoms with van der Waals surface area (Å²) in [7, 11) is 0. The summed E-state index contributed by atoms with van der Waals surface area (Å²) < 4.78 is 5.70. The van der Waals surface area contributed by atoms with Crippen LogP contribution in [0.4, 0.5) is 0 Å². The van der Waals surface area contributed by atoms with Gasteiger partial charge >= 0.3 is 0 Å². The molecule has 3 aromatic rings. The molecule has 0 fully saturated rings. The van der Waals surface area contributed by atoms with Gasteiger partial charge in [-0.25, -0.2) is 0 Å². The van der Waals surface area contributed by atoms with Crippen LogP contribution in [0.15, 0.2) is 78.9 Å². The minimum atomic E-state index is -0.728. The fraction of sp³-hybridized carbons (Fsp3) is 0.231. The van der Waals surface area contributed by atoms with Crippen molar-refractivity contribution in [1.29, 1.82) is 0 Å². The summed E-state index contributed by atoms with van der Waals surface area (Å²) in [6.45, 7) is 2.26. The molecule has 0 aliphatic heterocycles. The second-order valence-corrected chi connectivity index (χ2v) is 8.31. The Labute approximate surface area is 204 Å². The largest absolute Gasteiger partial charge is 0.482 e. The molecule has 0 aliphatic rings. The third-order valence-electron chi connectivity index (χ3n) is 5.05. The van der Waals surface area contributed by atoms with Crippen molar-refractivity contribution >= 4 is 35.0 Å². The van der Waals surface area contributed by atoms with Gasteiger partial charge in [0.15, 0.2) is 6.61 Å². The highest BCUT2D eigenvalue weighted by atomic mass is 35.5. The van der Waals surface area contributed by atoms with Gasteiger partial charge in [0, 0.05) is 24.5 Å². The molecule has 5 nitrogen and oxygen atoms in total. The van der Waals surface area contributed by atoms with E-state index in [-0.39, 0.29) is 25.0 Å². The summed E-state index contributed by atoms with van der Waals surface area (Å²) in [5, 5.41) is 3.83. The van der Waals surface area contributed by atoms with Crippen LogP contribution in [0.5, 0.6) is 5.75 Å². The number of benzene rings is 3. The molecule has 1 atom stereocenters. The molecule has 3 aromatic carbocycles. The van der Waals surface area contributed by atoms with Gasteiger partial charge in [0.2, 0.25) is 5.91 Å². The van der Waals surface area contributed by atoms with Gasteiger partial charge in [-0.2, -0.15) is 0 Å². The van der Waals surface area contributed by atoms with Crippen molar-refractivity contribution in [2.45, 2.75) is 25.9 Å². The number of hydrogen-bond acceptors (Lipinski definition) is 3. The SMILES string of the molecule is CCNC(=O)[C@@H](Cc1ccccc1)N(Cc1cccc(Cl)c1)C(=O)COc1ccccc1Cl. The van der Waals surface area contributed by atoms with Crippen molar-refractivity contribution in [2.24, 2.45) is 0 Å². The van der Waals surface area contributed by atoms with E-state index in [0.29, 0.717) is 28.8 Å². The topological polar surface area (TPSA) is 58.6 Å². The van der Waals surface area contributed by atoms with Gasteiger partial charge in [-0.15, -0.1) is 0 Å². The Balaban J connectivity index is 1.90. The molecule has 0 aliphatic carbocycles. The smallest absolute Gasteiger partial charge is 0.261 e. The van der Waals surface area contributed by atoms with Crippen LogP contribution in [0, 0.1) is 0 Å². The zero-order valence-electron chi connectivity index (χ0n) is 18.3. The lowest BCUT2D eigenvalue weighted by molar-refractivity contribution is -0.142. The number of amides is 2. The van der Waals surface area contributed by atoms with E-state index in [2.05, 4.69) is 5.32 Å². The number of rotatable bonds is 10. The molecular weight excluding hydrogens is 459 g/mol. The van der Waals surface area contributed by atoms with Crippen LogP contribution in [0.2, 0.25) is 10.0 Å². The summed E-state index contributed by atoms with van der Waals surface area (Å²) in [5.41, 5.74) is 1.76. The summed E-state index contributed by atoms with van der Waals surface area (Å²) >= 11 is 12.3. The number of carbonyl (C=O) groups excluding carboxylic acids is 2. The van der Waals surface area contributed by atoms with E-state index >= 15 is 0 Å². The van der Waals surface area contributed by atoms with Crippen LogP contribution in [0.3, 0.4) is 0 Å². The number of likely N-dealkylation sites (N-methyl/N-ethyl adjacent to an activating group) is 1. The lowest BCUT2D eigenvalue weighted by Gasteiger charge is -2.31. The van der Waals surface area contributed by atoms with Crippen LogP contribution >= 0.6 is 23.2 Å². The Morgan fingerprint density at radius 3 is 2.33 bits per heavy atom. The molecule has 7 heteroatoms. The first-order valence-corrected chi connectivity index (χ1v) is 11.5. The van der Waals surface area contributed by atoms with Crippen molar-refractivity contribution in [3.63, 3.8) is 0 Å². The second kappa shape index (κ2) is 12.3. The monoisotopic (exact) mass is 484 g/mol. The number of nitrogens with zero attached hydrogens (tertiary/aromatic N) is 1. The number of nitrogens with one attached hydrogen (secondary N) is 1. The van der Waals surface area contributed by atoms with Gasteiger partial charge < -0.3 is 15.0 Å². The highest BCUT2D eigenvalue weighted by Gasteiger charge is 2.30. The van der Waals surface area contributed by atoms with Gasteiger partial charge in [-0.05, 0) is 42.3 Å². The number of carbonyl (C=O) groups is 2. The van der Waals surface area contributed by atoms with Crippen molar-refractivity contribution in [3.05, 3.63) is 100 Å². The molecule has 3 rings (SSSR count). The first-order valence-electron chi connectivity index (χ1n) is 10.7. The Morgan fingerprint density at radius 2 is 1.64 bits per heavy atom. The number of para-hydroxylation sites is 1. The summed E-state index contributed by atoms with van der Waals surface area (Å²) in [4.78, 5) is 28.0. The van der Waals surface area contributed by atoms with E-state index in [1.165, 1.54) is 0 Å². The van der Waals surface area contributed by atoms with E-state index in [9.17, 15) is 9.59 Å². The molecule has 0 unspecified atom stereocenters. The predicted octanol–water partition coefficient (Wildman–Crippen LogP) is 5.15. The van der Waals surface area contributed by atoms with Gasteiger partial charge in [-0.1, -0.05) is 77.8 Å². The number of ether oxygens (including phenoxy) is 1. The Hall–Kier alpha value is -3.02. The van der Waals surface area contributed by atoms with E-state index in [1.807, 2.05) is 49.4 Å². The van der Waals surface area contributed by atoms with Crippen LogP contribution in [0.25, 0.3) is 0 Å². The summed E-state index contributed by atoms with van der Waals surface area (Å²) in [5.74, 6) is -0.149. The molecular formula is C26H26Cl2N2O3. The van der Waals surface area contributed by atoms with Crippen molar-refractivity contribution < 1.29 is 14.3 Å². The second-order valence-electron chi connectivity index (χ2n) is 7.47. The molecule has 172 valence electrons. The molecule has 0 spiro atoms. The Kier molecular flexibility index (Phi) is 9.16. The fourth-order valence-corrected chi connectivity index (χ4v) is 3.87. The number of hydrogen-bond donors (Lipinski definition) is 1.